The third-order valence-electron chi connectivity index (χ3n) is 5.37. The van der Waals surface area contributed by atoms with Crippen molar-refractivity contribution in [3.05, 3.63) is 40.7 Å². The van der Waals surface area contributed by atoms with Crippen molar-refractivity contribution in [1.29, 1.82) is 0 Å². The number of primary amides is 1. The average Bonchev–Trinajstić information content (AvgIpc) is 3.29. The van der Waals surface area contributed by atoms with E-state index in [-0.39, 0.29) is 11.8 Å². The largest absolute Gasteiger partial charge is 0.366 e. The van der Waals surface area contributed by atoms with Gasteiger partial charge in [-0.3, -0.25) is 24.4 Å². The second-order valence-corrected chi connectivity index (χ2v) is 7.60. The maximum absolute atomic E-state index is 13.0. The standard InChI is InChI=1S/C21H25N7O3/c1-3-28-16(9-12(2)26-28)20(31)25-21-24-15-11-14(19(22)30)10-13-5-6-17(29)23-7-4-8-27(21)18(13)15/h9-11H,3-8H2,1-2H3,(H2,22,30)(H,23,29)(H,24,25,31). The molecule has 3 heterocycles. The maximum Gasteiger partial charge on any atom is 0.276 e. The minimum Gasteiger partial charge on any atom is -0.366 e. The van der Waals surface area contributed by atoms with E-state index in [2.05, 4.69) is 20.7 Å². The number of amides is 3. The first-order chi connectivity index (χ1) is 14.9. The van der Waals surface area contributed by atoms with Crippen molar-refractivity contribution in [2.24, 2.45) is 5.73 Å². The number of aryl methyl sites for hydroxylation is 4. The number of hydrogen-bond donors (Lipinski definition) is 3. The van der Waals surface area contributed by atoms with Gasteiger partial charge in [0, 0.05) is 31.6 Å². The van der Waals surface area contributed by atoms with Gasteiger partial charge in [-0.1, -0.05) is 0 Å². The van der Waals surface area contributed by atoms with E-state index in [1.54, 1.807) is 22.9 Å². The molecule has 3 amide bonds. The second-order valence-electron chi connectivity index (χ2n) is 7.60. The van der Waals surface area contributed by atoms with E-state index in [9.17, 15) is 14.4 Å². The predicted octanol–water partition coefficient (Wildman–Crippen LogP) is 1.36. The summed E-state index contributed by atoms with van der Waals surface area (Å²) < 4.78 is 3.58. The van der Waals surface area contributed by atoms with Crippen LogP contribution in [0.5, 0.6) is 0 Å². The molecule has 0 unspecified atom stereocenters. The number of nitrogens with two attached hydrogens (primary N) is 1. The summed E-state index contributed by atoms with van der Waals surface area (Å²) in [5, 5.41) is 10.1. The Bertz CT molecular complexity index is 1190. The molecule has 10 nitrogen and oxygen atoms in total. The first-order valence-electron chi connectivity index (χ1n) is 10.3. The van der Waals surface area contributed by atoms with Crippen molar-refractivity contribution in [3.8, 4) is 0 Å². The molecule has 1 aromatic carbocycles. The molecule has 31 heavy (non-hydrogen) atoms. The Morgan fingerprint density at radius 2 is 2.06 bits per heavy atom. The summed E-state index contributed by atoms with van der Waals surface area (Å²) in [6.45, 7) is 5.40. The lowest BCUT2D eigenvalue weighted by Gasteiger charge is -2.15. The predicted molar refractivity (Wildman–Crippen MR) is 115 cm³/mol. The summed E-state index contributed by atoms with van der Waals surface area (Å²) in [4.78, 5) is 41.5. The molecule has 4 N–H and O–H groups in total. The van der Waals surface area contributed by atoms with Crippen LogP contribution in [0.2, 0.25) is 0 Å². The van der Waals surface area contributed by atoms with Crippen LogP contribution < -0.4 is 16.4 Å². The highest BCUT2D eigenvalue weighted by molar-refractivity contribution is 6.04. The molecule has 0 bridgehead atoms. The Kier molecular flexibility index (Phi) is 5.45. The Morgan fingerprint density at radius 3 is 2.81 bits per heavy atom. The number of imidazole rings is 1. The van der Waals surface area contributed by atoms with Crippen molar-refractivity contribution in [2.45, 2.75) is 46.2 Å². The van der Waals surface area contributed by atoms with E-state index in [1.165, 1.54) is 0 Å². The number of anilines is 1. The molecular weight excluding hydrogens is 398 g/mol. The first kappa shape index (κ1) is 20.6. The van der Waals surface area contributed by atoms with Crippen molar-refractivity contribution < 1.29 is 14.4 Å². The van der Waals surface area contributed by atoms with Crippen LogP contribution in [0.15, 0.2) is 18.2 Å². The SMILES string of the molecule is CCn1nc(C)cc1C(=O)Nc1nc2cc(C(N)=O)cc3c2n1CCCNC(=O)CC3. The summed E-state index contributed by atoms with van der Waals surface area (Å²) in [6, 6.07) is 5.06. The van der Waals surface area contributed by atoms with Crippen LogP contribution in [-0.4, -0.2) is 43.6 Å². The lowest BCUT2D eigenvalue weighted by molar-refractivity contribution is -0.121. The molecule has 0 aliphatic carbocycles. The van der Waals surface area contributed by atoms with Gasteiger partial charge in [0.25, 0.3) is 5.91 Å². The summed E-state index contributed by atoms with van der Waals surface area (Å²) in [7, 11) is 0. The summed E-state index contributed by atoms with van der Waals surface area (Å²) in [5.74, 6) is -0.531. The zero-order valence-corrected chi connectivity index (χ0v) is 17.6. The lowest BCUT2D eigenvalue weighted by atomic mass is 10.0. The zero-order chi connectivity index (χ0) is 22.1. The van der Waals surface area contributed by atoms with E-state index in [0.717, 1.165) is 16.8 Å². The van der Waals surface area contributed by atoms with Crippen LogP contribution in [0.4, 0.5) is 5.95 Å². The fourth-order valence-electron chi connectivity index (χ4n) is 3.94. The monoisotopic (exact) mass is 423 g/mol. The molecule has 162 valence electrons. The van der Waals surface area contributed by atoms with Gasteiger partial charge >= 0.3 is 0 Å². The summed E-state index contributed by atoms with van der Waals surface area (Å²) in [6.07, 6.45) is 1.40. The number of benzene rings is 1. The first-order valence-corrected chi connectivity index (χ1v) is 10.3. The number of nitrogens with one attached hydrogen (secondary N) is 2. The minimum atomic E-state index is -0.567. The molecule has 0 atom stereocenters. The highest BCUT2D eigenvalue weighted by Crippen LogP contribution is 2.27. The molecule has 4 rings (SSSR count). The van der Waals surface area contributed by atoms with E-state index >= 15 is 0 Å². The van der Waals surface area contributed by atoms with Gasteiger partial charge in [0.05, 0.1) is 16.7 Å². The Labute approximate surface area is 178 Å². The van der Waals surface area contributed by atoms with Crippen molar-refractivity contribution in [3.63, 3.8) is 0 Å². The number of aromatic nitrogens is 4. The molecule has 1 aliphatic rings. The van der Waals surface area contributed by atoms with Crippen LogP contribution in [0.3, 0.4) is 0 Å². The lowest BCUT2D eigenvalue weighted by Crippen LogP contribution is -2.27. The van der Waals surface area contributed by atoms with Gasteiger partial charge in [0.15, 0.2) is 0 Å². The third-order valence-corrected chi connectivity index (χ3v) is 5.37. The van der Waals surface area contributed by atoms with Gasteiger partial charge in [-0.15, -0.1) is 0 Å². The van der Waals surface area contributed by atoms with Crippen LogP contribution >= 0.6 is 0 Å². The fraction of sp³-hybridized carbons (Fsp3) is 0.381. The normalized spacial score (nSPS) is 14.3. The van der Waals surface area contributed by atoms with Gasteiger partial charge in [0.1, 0.15) is 5.69 Å². The fourth-order valence-corrected chi connectivity index (χ4v) is 3.94. The maximum atomic E-state index is 13.0. The molecular formula is C21H25N7O3. The molecule has 1 aliphatic heterocycles. The average molecular weight is 423 g/mol. The molecule has 0 fully saturated rings. The quantitative estimate of drug-likeness (QED) is 0.582. The van der Waals surface area contributed by atoms with Crippen molar-refractivity contribution >= 4 is 34.7 Å². The highest BCUT2D eigenvalue weighted by Gasteiger charge is 2.22. The van der Waals surface area contributed by atoms with E-state index in [4.69, 9.17) is 5.73 Å². The minimum absolute atomic E-state index is 0.0395. The Balaban J connectivity index is 1.81. The van der Waals surface area contributed by atoms with Crippen LogP contribution in [0.1, 0.15) is 51.9 Å². The van der Waals surface area contributed by atoms with Gasteiger partial charge in [0.2, 0.25) is 17.8 Å². The Hall–Kier alpha value is -3.69. The van der Waals surface area contributed by atoms with Gasteiger partial charge in [-0.2, -0.15) is 5.10 Å². The molecule has 0 radical (unpaired) electrons. The molecule has 0 spiro atoms. The molecule has 0 saturated carbocycles. The number of rotatable bonds is 4. The number of carbonyl (C=O) groups excluding carboxylic acids is 3. The summed E-state index contributed by atoms with van der Waals surface area (Å²) >= 11 is 0. The zero-order valence-electron chi connectivity index (χ0n) is 17.6. The van der Waals surface area contributed by atoms with Crippen molar-refractivity contribution in [1.82, 2.24) is 24.6 Å². The molecule has 0 saturated heterocycles. The van der Waals surface area contributed by atoms with Gasteiger partial charge < -0.3 is 15.6 Å². The molecule has 3 aromatic rings. The number of hydrogen-bond acceptors (Lipinski definition) is 5. The topological polar surface area (TPSA) is 137 Å². The van der Waals surface area contributed by atoms with Gasteiger partial charge in [-0.25, -0.2) is 4.98 Å². The smallest absolute Gasteiger partial charge is 0.276 e. The Morgan fingerprint density at radius 1 is 1.26 bits per heavy atom. The van der Waals surface area contributed by atoms with Crippen LogP contribution in [0, 0.1) is 6.92 Å². The van der Waals surface area contributed by atoms with Crippen LogP contribution in [-0.2, 0) is 24.3 Å². The van der Waals surface area contributed by atoms with E-state index in [0.29, 0.717) is 61.6 Å². The number of carbonyl (C=O) groups is 3. The van der Waals surface area contributed by atoms with E-state index < -0.39 is 5.91 Å². The molecule has 2 aromatic heterocycles. The van der Waals surface area contributed by atoms with Gasteiger partial charge in [-0.05, 0) is 50.5 Å². The second kappa shape index (κ2) is 8.21. The highest BCUT2D eigenvalue weighted by atomic mass is 16.2. The molecule has 10 heteroatoms. The van der Waals surface area contributed by atoms with E-state index in [1.807, 2.05) is 18.4 Å². The van der Waals surface area contributed by atoms with Crippen molar-refractivity contribution in [2.75, 3.05) is 11.9 Å². The number of nitrogens with zero attached hydrogens (tertiary/aromatic N) is 4. The third kappa shape index (κ3) is 4.00. The summed E-state index contributed by atoms with van der Waals surface area (Å²) in [5.41, 5.74) is 9.19. The van der Waals surface area contributed by atoms with Crippen LogP contribution in [0.25, 0.3) is 11.0 Å².